The molecule has 0 spiro atoms. The highest BCUT2D eigenvalue weighted by atomic mass is 127. The lowest BCUT2D eigenvalue weighted by atomic mass is 10.1. The Hall–Kier alpha value is -2.30. The third-order valence-corrected chi connectivity index (χ3v) is 4.59. The number of hydrogen-bond donors (Lipinski definition) is 2. The first-order chi connectivity index (χ1) is 12.9. The molecule has 2 N–H and O–H groups in total. The van der Waals surface area contributed by atoms with E-state index in [9.17, 15) is 13.2 Å². The first-order valence-electron chi connectivity index (χ1n) is 8.19. The van der Waals surface area contributed by atoms with Gasteiger partial charge in [0, 0.05) is 9.61 Å². The van der Waals surface area contributed by atoms with Crippen molar-refractivity contribution in [3.05, 3.63) is 51.4 Å². The number of anilines is 3. The molecule has 1 atom stereocenters. The molecule has 9 heteroatoms. The third kappa shape index (κ3) is 4.34. The molecule has 0 amide bonds. The van der Waals surface area contributed by atoms with Crippen molar-refractivity contribution in [2.45, 2.75) is 26.3 Å². The Labute approximate surface area is 167 Å². The van der Waals surface area contributed by atoms with Crippen LogP contribution < -0.4 is 10.6 Å². The molecule has 1 unspecified atom stereocenters. The molecule has 5 nitrogen and oxygen atoms in total. The van der Waals surface area contributed by atoms with E-state index in [4.69, 9.17) is 4.42 Å². The lowest BCUT2D eigenvalue weighted by molar-refractivity contribution is 0.510. The van der Waals surface area contributed by atoms with Crippen LogP contribution in [0.25, 0.3) is 11.5 Å². The maximum absolute atomic E-state index is 14.4. The smallest absolute Gasteiger partial charge is 0.315 e. The van der Waals surface area contributed by atoms with E-state index in [2.05, 4.69) is 20.8 Å². The molecule has 3 rings (SSSR count). The number of hydrogen-bond acceptors (Lipinski definition) is 5. The Kier molecular flexibility index (Phi) is 5.88. The van der Waals surface area contributed by atoms with E-state index >= 15 is 0 Å². The maximum Gasteiger partial charge on any atom is 0.315 e. The van der Waals surface area contributed by atoms with Gasteiger partial charge in [0.1, 0.15) is 5.82 Å². The minimum atomic E-state index is -1.17. The van der Waals surface area contributed by atoms with Gasteiger partial charge in [-0.3, -0.25) is 0 Å². The SMILES string of the molecule is CCC(C)Nc1nnc(-c2ccc(F)c(F)c2Nc2ccc(I)cc2F)o1. The zero-order valence-corrected chi connectivity index (χ0v) is 16.6. The summed E-state index contributed by atoms with van der Waals surface area (Å²) in [5, 5.41) is 13.3. The van der Waals surface area contributed by atoms with Crippen LogP contribution in [0.15, 0.2) is 34.7 Å². The summed E-state index contributed by atoms with van der Waals surface area (Å²) in [5.41, 5.74) is -0.163. The Balaban J connectivity index is 2.00. The fourth-order valence-corrected chi connectivity index (χ4v) is 2.73. The van der Waals surface area contributed by atoms with Crippen LogP contribution in [0.4, 0.5) is 30.6 Å². The van der Waals surface area contributed by atoms with Gasteiger partial charge in [-0.2, -0.15) is 0 Å². The van der Waals surface area contributed by atoms with Gasteiger partial charge in [-0.25, -0.2) is 13.2 Å². The van der Waals surface area contributed by atoms with E-state index in [1.165, 1.54) is 18.2 Å². The monoisotopic (exact) mass is 488 g/mol. The Morgan fingerprint density at radius 3 is 2.59 bits per heavy atom. The second kappa shape index (κ2) is 8.15. The maximum atomic E-state index is 14.4. The van der Waals surface area contributed by atoms with E-state index < -0.39 is 17.5 Å². The van der Waals surface area contributed by atoms with E-state index in [0.717, 1.165) is 12.5 Å². The highest BCUT2D eigenvalue weighted by Gasteiger charge is 2.21. The quantitative estimate of drug-likeness (QED) is 0.436. The van der Waals surface area contributed by atoms with Gasteiger partial charge >= 0.3 is 6.01 Å². The van der Waals surface area contributed by atoms with Crippen LogP contribution in [0.3, 0.4) is 0 Å². The van der Waals surface area contributed by atoms with Crippen LogP contribution in [0.1, 0.15) is 20.3 Å². The Morgan fingerprint density at radius 1 is 1.11 bits per heavy atom. The molecule has 27 heavy (non-hydrogen) atoms. The van der Waals surface area contributed by atoms with Crippen molar-refractivity contribution in [1.29, 1.82) is 0 Å². The van der Waals surface area contributed by atoms with Gasteiger partial charge in [-0.05, 0) is 66.3 Å². The van der Waals surface area contributed by atoms with E-state index in [-0.39, 0.29) is 34.9 Å². The molecule has 0 aliphatic carbocycles. The van der Waals surface area contributed by atoms with Gasteiger partial charge in [0.05, 0.1) is 16.9 Å². The zero-order valence-electron chi connectivity index (χ0n) is 14.5. The predicted octanol–water partition coefficient (Wildman–Crippen LogP) is 5.71. The topological polar surface area (TPSA) is 63.0 Å². The Bertz CT molecular complexity index is 964. The molecule has 0 saturated heterocycles. The fraction of sp³-hybridized carbons (Fsp3) is 0.222. The second-order valence-corrected chi connectivity index (χ2v) is 7.14. The van der Waals surface area contributed by atoms with Crippen molar-refractivity contribution < 1.29 is 17.6 Å². The largest absolute Gasteiger partial charge is 0.403 e. The lowest BCUT2D eigenvalue weighted by Crippen LogP contribution is -2.13. The zero-order chi connectivity index (χ0) is 19.6. The van der Waals surface area contributed by atoms with Gasteiger partial charge in [0.25, 0.3) is 5.89 Å². The van der Waals surface area contributed by atoms with Crippen LogP contribution in [-0.4, -0.2) is 16.2 Å². The van der Waals surface area contributed by atoms with Crippen molar-refractivity contribution >= 4 is 40.0 Å². The number of benzene rings is 2. The average molecular weight is 488 g/mol. The second-order valence-electron chi connectivity index (χ2n) is 5.90. The van der Waals surface area contributed by atoms with Crippen molar-refractivity contribution in [3.63, 3.8) is 0 Å². The molecular formula is C18H16F3IN4O. The molecule has 142 valence electrons. The summed E-state index contributed by atoms with van der Waals surface area (Å²) in [5.74, 6) is -2.86. The summed E-state index contributed by atoms with van der Waals surface area (Å²) >= 11 is 1.95. The summed E-state index contributed by atoms with van der Waals surface area (Å²) < 4.78 is 48.6. The Morgan fingerprint density at radius 2 is 1.89 bits per heavy atom. The number of nitrogens with zero attached hydrogens (tertiary/aromatic N) is 2. The van der Waals surface area contributed by atoms with Crippen molar-refractivity contribution in [3.8, 4) is 11.5 Å². The molecule has 0 aliphatic heterocycles. The molecule has 0 saturated carbocycles. The van der Waals surface area contributed by atoms with Crippen LogP contribution in [-0.2, 0) is 0 Å². The van der Waals surface area contributed by atoms with Crippen molar-refractivity contribution in [2.24, 2.45) is 0 Å². The minimum absolute atomic E-state index is 0.00126. The third-order valence-electron chi connectivity index (χ3n) is 3.92. The number of halogens is 4. The van der Waals surface area contributed by atoms with Crippen LogP contribution in [0.2, 0.25) is 0 Å². The molecular weight excluding hydrogens is 472 g/mol. The number of nitrogens with one attached hydrogen (secondary N) is 2. The standard InChI is InChI=1S/C18H16F3IN4O/c1-3-9(2)23-18-26-25-17(27-18)11-5-6-12(19)15(21)16(11)24-14-7-4-10(22)8-13(14)20/h4-9,24H,3H2,1-2H3,(H,23,26). The number of aromatic nitrogens is 2. The first-order valence-corrected chi connectivity index (χ1v) is 9.27. The highest BCUT2D eigenvalue weighted by molar-refractivity contribution is 14.1. The fourth-order valence-electron chi connectivity index (χ4n) is 2.28. The van der Waals surface area contributed by atoms with Crippen molar-refractivity contribution in [1.82, 2.24) is 10.2 Å². The van der Waals surface area contributed by atoms with E-state index in [1.54, 1.807) is 6.07 Å². The number of rotatable bonds is 6. The first kappa shape index (κ1) is 19.5. The molecule has 0 bridgehead atoms. The van der Waals surface area contributed by atoms with Crippen LogP contribution >= 0.6 is 22.6 Å². The van der Waals surface area contributed by atoms with Gasteiger partial charge in [-0.1, -0.05) is 12.0 Å². The molecule has 3 aromatic rings. The molecule has 1 heterocycles. The van der Waals surface area contributed by atoms with Gasteiger partial charge in [0.15, 0.2) is 11.6 Å². The summed E-state index contributed by atoms with van der Waals surface area (Å²) in [6, 6.07) is 6.87. The molecule has 0 radical (unpaired) electrons. The molecule has 2 aromatic carbocycles. The normalized spacial score (nSPS) is 12.1. The van der Waals surface area contributed by atoms with Crippen LogP contribution in [0.5, 0.6) is 0 Å². The van der Waals surface area contributed by atoms with Crippen LogP contribution in [0, 0.1) is 21.0 Å². The van der Waals surface area contributed by atoms with Gasteiger partial charge in [0.2, 0.25) is 0 Å². The highest BCUT2D eigenvalue weighted by Crippen LogP contribution is 2.34. The summed E-state index contributed by atoms with van der Waals surface area (Å²) in [7, 11) is 0. The van der Waals surface area contributed by atoms with Gasteiger partial charge in [-0.15, -0.1) is 5.10 Å². The summed E-state index contributed by atoms with van der Waals surface area (Å²) in [6.45, 7) is 3.93. The van der Waals surface area contributed by atoms with E-state index in [1.807, 2.05) is 36.4 Å². The predicted molar refractivity (Wildman–Crippen MR) is 105 cm³/mol. The lowest BCUT2D eigenvalue weighted by Gasteiger charge is -2.12. The van der Waals surface area contributed by atoms with Gasteiger partial charge < -0.3 is 15.1 Å². The summed E-state index contributed by atoms with van der Waals surface area (Å²) in [4.78, 5) is 0. The summed E-state index contributed by atoms with van der Waals surface area (Å²) in [6.07, 6.45) is 0.835. The average Bonchev–Trinajstić information content (AvgIpc) is 3.09. The van der Waals surface area contributed by atoms with Crippen molar-refractivity contribution in [2.75, 3.05) is 10.6 Å². The minimum Gasteiger partial charge on any atom is -0.403 e. The molecule has 0 aliphatic rings. The molecule has 1 aromatic heterocycles. The molecule has 0 fully saturated rings. The van der Waals surface area contributed by atoms with E-state index in [0.29, 0.717) is 3.57 Å².